The zero-order valence-electron chi connectivity index (χ0n) is 9.02. The number of rotatable bonds is 3. The second-order valence-corrected chi connectivity index (χ2v) is 4.09. The van der Waals surface area contributed by atoms with Gasteiger partial charge < -0.3 is 9.84 Å². The summed E-state index contributed by atoms with van der Waals surface area (Å²) in [5.74, 6) is 0. The van der Waals surface area contributed by atoms with Crippen molar-refractivity contribution in [2.75, 3.05) is 6.61 Å². The molecule has 2 heterocycles. The molecule has 0 bridgehead atoms. The summed E-state index contributed by atoms with van der Waals surface area (Å²) in [4.78, 5) is 4.27. The summed E-state index contributed by atoms with van der Waals surface area (Å²) < 4.78 is 5.45. The van der Waals surface area contributed by atoms with Crippen molar-refractivity contribution in [1.29, 1.82) is 0 Å². The van der Waals surface area contributed by atoms with Crippen LogP contribution in [-0.2, 0) is 11.2 Å². The Bertz CT molecular complexity index is 321. The zero-order valence-corrected chi connectivity index (χ0v) is 9.02. The molecule has 3 nitrogen and oxygen atoms in total. The normalized spacial score (nSPS) is 22.9. The molecule has 1 fully saturated rings. The summed E-state index contributed by atoms with van der Waals surface area (Å²) in [5.41, 5.74) is 2.11. The van der Waals surface area contributed by atoms with Crippen molar-refractivity contribution in [3.63, 3.8) is 0 Å². The maximum Gasteiger partial charge on any atom is 0.0857 e. The minimum Gasteiger partial charge on any atom is -0.390 e. The number of aromatic nitrogens is 1. The predicted octanol–water partition coefficient (Wildman–Crippen LogP) is 1.47. The molecule has 3 heteroatoms. The number of hydrogen-bond acceptors (Lipinski definition) is 3. The van der Waals surface area contributed by atoms with Gasteiger partial charge in [-0.1, -0.05) is 6.07 Å². The molecule has 2 atom stereocenters. The van der Waals surface area contributed by atoms with Crippen LogP contribution in [0.15, 0.2) is 18.3 Å². The average Bonchev–Trinajstić information content (AvgIpc) is 2.74. The topological polar surface area (TPSA) is 42.4 Å². The van der Waals surface area contributed by atoms with Crippen LogP contribution in [-0.4, -0.2) is 28.9 Å². The van der Waals surface area contributed by atoms with Crippen molar-refractivity contribution >= 4 is 0 Å². The van der Waals surface area contributed by atoms with Gasteiger partial charge in [0.25, 0.3) is 0 Å². The minimum absolute atomic E-state index is 0.00593. The molecule has 0 saturated carbocycles. The summed E-state index contributed by atoms with van der Waals surface area (Å²) in [6.45, 7) is 2.80. The van der Waals surface area contributed by atoms with Gasteiger partial charge in [-0.2, -0.15) is 0 Å². The van der Waals surface area contributed by atoms with Crippen LogP contribution in [0, 0.1) is 6.92 Å². The lowest BCUT2D eigenvalue weighted by atomic mass is 10.0. The number of ether oxygens (including phenoxy) is 1. The lowest BCUT2D eigenvalue weighted by Gasteiger charge is -2.17. The first-order chi connectivity index (χ1) is 7.27. The van der Waals surface area contributed by atoms with Crippen LogP contribution in [0.3, 0.4) is 0 Å². The molecule has 0 amide bonds. The number of aliphatic hydroxyl groups is 1. The first-order valence-electron chi connectivity index (χ1n) is 5.47. The van der Waals surface area contributed by atoms with Gasteiger partial charge in [-0.15, -0.1) is 0 Å². The lowest BCUT2D eigenvalue weighted by Crippen LogP contribution is -2.27. The highest BCUT2D eigenvalue weighted by molar-refractivity contribution is 5.18. The van der Waals surface area contributed by atoms with E-state index in [1.807, 2.05) is 19.1 Å². The van der Waals surface area contributed by atoms with Gasteiger partial charge in [0.2, 0.25) is 0 Å². The highest BCUT2D eigenvalue weighted by Gasteiger charge is 2.24. The van der Waals surface area contributed by atoms with E-state index in [0.29, 0.717) is 6.42 Å². The standard InChI is InChI=1S/C12H17NO2/c1-9-4-2-6-13-10(9)8-11(14)12-5-3-7-15-12/h2,4,6,11-12,14H,3,5,7-8H2,1H3. The average molecular weight is 207 g/mol. The molecule has 1 saturated heterocycles. The highest BCUT2D eigenvalue weighted by atomic mass is 16.5. The fourth-order valence-corrected chi connectivity index (χ4v) is 1.97. The van der Waals surface area contributed by atoms with E-state index in [4.69, 9.17) is 4.74 Å². The quantitative estimate of drug-likeness (QED) is 0.816. The van der Waals surface area contributed by atoms with Gasteiger partial charge in [0.15, 0.2) is 0 Å². The first-order valence-corrected chi connectivity index (χ1v) is 5.47. The van der Waals surface area contributed by atoms with Crippen molar-refractivity contribution < 1.29 is 9.84 Å². The summed E-state index contributed by atoms with van der Waals surface area (Å²) in [6.07, 6.45) is 3.98. The van der Waals surface area contributed by atoms with E-state index in [-0.39, 0.29) is 6.10 Å². The van der Waals surface area contributed by atoms with E-state index >= 15 is 0 Å². The van der Waals surface area contributed by atoms with Crippen LogP contribution in [0.1, 0.15) is 24.1 Å². The number of hydrogen-bond donors (Lipinski definition) is 1. The van der Waals surface area contributed by atoms with Gasteiger partial charge in [-0.25, -0.2) is 0 Å². The summed E-state index contributed by atoms with van der Waals surface area (Å²) >= 11 is 0. The largest absolute Gasteiger partial charge is 0.390 e. The molecule has 2 rings (SSSR count). The Labute approximate surface area is 90.1 Å². The van der Waals surface area contributed by atoms with Crippen molar-refractivity contribution in [3.8, 4) is 0 Å². The number of aliphatic hydroxyl groups excluding tert-OH is 1. The lowest BCUT2D eigenvalue weighted by molar-refractivity contribution is -0.00128. The van der Waals surface area contributed by atoms with Crippen LogP contribution in [0.4, 0.5) is 0 Å². The SMILES string of the molecule is Cc1cccnc1CC(O)C1CCCO1. The van der Waals surface area contributed by atoms with E-state index in [1.54, 1.807) is 6.20 Å². The Kier molecular flexibility index (Phi) is 3.34. The van der Waals surface area contributed by atoms with Crippen molar-refractivity contribution in [1.82, 2.24) is 4.98 Å². The van der Waals surface area contributed by atoms with Crippen LogP contribution >= 0.6 is 0 Å². The fourth-order valence-electron chi connectivity index (χ4n) is 1.97. The molecular formula is C12H17NO2. The molecule has 82 valence electrons. The van der Waals surface area contributed by atoms with Crippen molar-refractivity contribution in [2.45, 2.75) is 38.4 Å². The molecule has 15 heavy (non-hydrogen) atoms. The van der Waals surface area contributed by atoms with Crippen LogP contribution in [0.5, 0.6) is 0 Å². The van der Waals surface area contributed by atoms with Gasteiger partial charge in [-0.05, 0) is 31.4 Å². The number of aryl methyl sites for hydroxylation is 1. The maximum atomic E-state index is 9.96. The van der Waals surface area contributed by atoms with Crippen molar-refractivity contribution in [2.24, 2.45) is 0 Å². The fraction of sp³-hybridized carbons (Fsp3) is 0.583. The molecular weight excluding hydrogens is 190 g/mol. The molecule has 1 aliphatic heterocycles. The van der Waals surface area contributed by atoms with E-state index in [2.05, 4.69) is 4.98 Å². The molecule has 0 radical (unpaired) electrons. The van der Waals surface area contributed by atoms with Crippen molar-refractivity contribution in [3.05, 3.63) is 29.6 Å². The third kappa shape index (κ3) is 2.55. The Morgan fingerprint density at radius 3 is 3.20 bits per heavy atom. The van der Waals surface area contributed by atoms with Gasteiger partial charge in [-0.3, -0.25) is 4.98 Å². The third-order valence-electron chi connectivity index (χ3n) is 2.91. The third-order valence-corrected chi connectivity index (χ3v) is 2.91. The van der Waals surface area contributed by atoms with E-state index in [1.165, 1.54) is 0 Å². The summed E-state index contributed by atoms with van der Waals surface area (Å²) in [6, 6.07) is 3.93. The molecule has 0 aliphatic carbocycles. The smallest absolute Gasteiger partial charge is 0.0857 e. The molecule has 2 unspecified atom stereocenters. The number of pyridine rings is 1. The maximum absolute atomic E-state index is 9.96. The first kappa shape index (κ1) is 10.6. The van der Waals surface area contributed by atoms with E-state index < -0.39 is 6.10 Å². The molecule has 1 aromatic heterocycles. The van der Waals surface area contributed by atoms with Gasteiger partial charge >= 0.3 is 0 Å². The second-order valence-electron chi connectivity index (χ2n) is 4.09. The Morgan fingerprint density at radius 1 is 1.67 bits per heavy atom. The second kappa shape index (κ2) is 4.73. The number of nitrogens with zero attached hydrogens (tertiary/aromatic N) is 1. The van der Waals surface area contributed by atoms with E-state index in [9.17, 15) is 5.11 Å². The molecule has 0 spiro atoms. The Balaban J connectivity index is 1.99. The molecule has 1 aliphatic rings. The van der Waals surface area contributed by atoms with Gasteiger partial charge in [0.1, 0.15) is 0 Å². The molecule has 0 aromatic carbocycles. The summed E-state index contributed by atoms with van der Waals surface area (Å²) in [5, 5.41) is 9.96. The summed E-state index contributed by atoms with van der Waals surface area (Å²) in [7, 11) is 0. The van der Waals surface area contributed by atoms with Gasteiger partial charge in [0, 0.05) is 24.9 Å². The van der Waals surface area contributed by atoms with Crippen LogP contribution in [0.25, 0.3) is 0 Å². The van der Waals surface area contributed by atoms with Gasteiger partial charge in [0.05, 0.1) is 12.2 Å². The Morgan fingerprint density at radius 2 is 2.53 bits per heavy atom. The van der Waals surface area contributed by atoms with Crippen LogP contribution < -0.4 is 0 Å². The Hall–Kier alpha value is -0.930. The van der Waals surface area contributed by atoms with E-state index in [0.717, 1.165) is 30.7 Å². The molecule has 1 N–H and O–H groups in total. The predicted molar refractivity (Wildman–Crippen MR) is 57.7 cm³/mol. The molecule has 1 aromatic rings. The van der Waals surface area contributed by atoms with Crippen LogP contribution in [0.2, 0.25) is 0 Å². The zero-order chi connectivity index (χ0) is 10.7. The minimum atomic E-state index is -0.416. The highest BCUT2D eigenvalue weighted by Crippen LogP contribution is 2.18. The monoisotopic (exact) mass is 207 g/mol.